The van der Waals surface area contributed by atoms with E-state index in [2.05, 4.69) is 6.07 Å². The van der Waals surface area contributed by atoms with Crippen molar-refractivity contribution in [1.82, 2.24) is 4.90 Å². The molecule has 3 aromatic rings. The number of hydrogen-bond acceptors (Lipinski definition) is 7. The lowest BCUT2D eigenvalue weighted by molar-refractivity contribution is -0.385. The summed E-state index contributed by atoms with van der Waals surface area (Å²) in [6.07, 6.45) is -0.892. The van der Waals surface area contributed by atoms with Crippen LogP contribution in [0.4, 0.5) is 10.1 Å². The zero-order chi connectivity index (χ0) is 24.7. The van der Waals surface area contributed by atoms with Gasteiger partial charge in [-0.05, 0) is 42.4 Å². The number of nitro groups is 1. The molecule has 9 heteroatoms. The van der Waals surface area contributed by atoms with E-state index in [1.807, 2.05) is 36.2 Å². The number of methoxy groups -OCH3 is 1. The molecular formula is C25H24FN3O5. The Morgan fingerprint density at radius 1 is 1.15 bits per heavy atom. The van der Waals surface area contributed by atoms with Crippen LogP contribution in [0.2, 0.25) is 0 Å². The van der Waals surface area contributed by atoms with Crippen LogP contribution >= 0.6 is 0 Å². The van der Waals surface area contributed by atoms with Gasteiger partial charge in [0.05, 0.1) is 29.7 Å². The van der Waals surface area contributed by atoms with E-state index in [0.717, 1.165) is 28.8 Å². The van der Waals surface area contributed by atoms with Crippen molar-refractivity contribution in [1.29, 1.82) is 5.26 Å². The number of nitriles is 1. The van der Waals surface area contributed by atoms with E-state index in [0.29, 0.717) is 17.9 Å². The number of ether oxygens (including phenoxy) is 2. The van der Waals surface area contributed by atoms with E-state index in [4.69, 9.17) is 14.7 Å². The lowest BCUT2D eigenvalue weighted by Gasteiger charge is -2.21. The molecule has 8 nitrogen and oxygen atoms in total. The Morgan fingerprint density at radius 3 is 2.47 bits per heavy atom. The van der Waals surface area contributed by atoms with Gasteiger partial charge in [0.1, 0.15) is 18.5 Å². The van der Waals surface area contributed by atoms with Gasteiger partial charge in [-0.2, -0.15) is 5.26 Å². The van der Waals surface area contributed by atoms with Crippen molar-refractivity contribution in [3.8, 4) is 28.7 Å². The summed E-state index contributed by atoms with van der Waals surface area (Å²) >= 11 is 0. The van der Waals surface area contributed by atoms with Crippen molar-refractivity contribution in [3.05, 3.63) is 87.7 Å². The first kappa shape index (κ1) is 24.6. The highest BCUT2D eigenvalue weighted by molar-refractivity contribution is 5.72. The monoisotopic (exact) mass is 465 g/mol. The molecule has 0 aromatic heterocycles. The van der Waals surface area contributed by atoms with Crippen LogP contribution in [0.3, 0.4) is 0 Å². The quantitative estimate of drug-likeness (QED) is 0.354. The molecule has 0 bridgehead atoms. The second kappa shape index (κ2) is 11.2. The van der Waals surface area contributed by atoms with Crippen molar-refractivity contribution in [2.75, 3.05) is 27.3 Å². The molecule has 0 radical (unpaired) electrons. The van der Waals surface area contributed by atoms with Crippen LogP contribution in [0.5, 0.6) is 11.5 Å². The zero-order valence-corrected chi connectivity index (χ0v) is 18.8. The van der Waals surface area contributed by atoms with Gasteiger partial charge < -0.3 is 14.6 Å². The molecule has 0 aliphatic carbocycles. The molecule has 176 valence electrons. The van der Waals surface area contributed by atoms with Gasteiger partial charge in [0.15, 0.2) is 11.6 Å². The largest absolute Gasteiger partial charge is 0.496 e. The number of benzene rings is 3. The average Bonchev–Trinajstić information content (AvgIpc) is 2.83. The summed E-state index contributed by atoms with van der Waals surface area (Å²) in [5, 5.41) is 30.1. The van der Waals surface area contributed by atoms with Gasteiger partial charge in [-0.15, -0.1) is 0 Å². The third kappa shape index (κ3) is 6.28. The summed E-state index contributed by atoms with van der Waals surface area (Å²) in [6, 6.07) is 18.3. The maximum atomic E-state index is 13.9. The Bertz CT molecular complexity index is 1190. The maximum absolute atomic E-state index is 13.9. The summed E-state index contributed by atoms with van der Waals surface area (Å²) in [5.74, 6) is -0.331. The van der Waals surface area contributed by atoms with Gasteiger partial charge in [0, 0.05) is 24.7 Å². The fourth-order valence-corrected chi connectivity index (χ4v) is 3.49. The van der Waals surface area contributed by atoms with Crippen LogP contribution in [0.15, 0.2) is 60.7 Å². The molecule has 1 N–H and O–H groups in total. The van der Waals surface area contributed by atoms with Crippen LogP contribution < -0.4 is 9.47 Å². The molecule has 1 unspecified atom stereocenters. The Balaban J connectivity index is 1.55. The highest BCUT2D eigenvalue weighted by Crippen LogP contribution is 2.31. The maximum Gasteiger partial charge on any atom is 0.272 e. The zero-order valence-electron chi connectivity index (χ0n) is 18.8. The van der Waals surface area contributed by atoms with Gasteiger partial charge in [-0.1, -0.05) is 24.3 Å². The van der Waals surface area contributed by atoms with Crippen LogP contribution in [-0.4, -0.2) is 48.3 Å². The van der Waals surface area contributed by atoms with E-state index >= 15 is 0 Å². The van der Waals surface area contributed by atoms with Gasteiger partial charge in [0.25, 0.3) is 5.69 Å². The number of aliphatic hydroxyl groups excluding tert-OH is 1. The fraction of sp³-hybridized carbons (Fsp3) is 0.240. The van der Waals surface area contributed by atoms with E-state index < -0.39 is 16.8 Å². The van der Waals surface area contributed by atoms with Gasteiger partial charge in [-0.25, -0.2) is 4.39 Å². The topological polar surface area (TPSA) is 109 Å². The minimum absolute atomic E-state index is 0.154. The first-order valence-electron chi connectivity index (χ1n) is 10.4. The first-order valence-corrected chi connectivity index (χ1v) is 10.4. The Labute approximate surface area is 196 Å². The average molecular weight is 465 g/mol. The predicted octanol–water partition coefficient (Wildman–Crippen LogP) is 4.15. The second-order valence-corrected chi connectivity index (χ2v) is 7.76. The summed E-state index contributed by atoms with van der Waals surface area (Å²) in [7, 11) is 3.42. The number of aliphatic hydroxyl groups is 1. The van der Waals surface area contributed by atoms with Crippen LogP contribution in [0, 0.1) is 27.3 Å². The number of likely N-dealkylation sites (N-methyl/N-ethyl adjacent to an activating group) is 1. The molecule has 0 aliphatic rings. The van der Waals surface area contributed by atoms with Gasteiger partial charge in [0.2, 0.25) is 0 Å². The van der Waals surface area contributed by atoms with Crippen LogP contribution in [0.25, 0.3) is 11.1 Å². The number of hydrogen-bond donors (Lipinski definition) is 1. The second-order valence-electron chi connectivity index (χ2n) is 7.76. The number of rotatable bonds is 10. The van der Waals surface area contributed by atoms with E-state index in [1.165, 1.54) is 6.07 Å². The predicted molar refractivity (Wildman–Crippen MR) is 124 cm³/mol. The summed E-state index contributed by atoms with van der Waals surface area (Å²) < 4.78 is 24.6. The molecule has 0 heterocycles. The van der Waals surface area contributed by atoms with Crippen molar-refractivity contribution in [2.45, 2.75) is 12.6 Å². The highest BCUT2D eigenvalue weighted by atomic mass is 19.1. The molecule has 3 rings (SSSR count). The highest BCUT2D eigenvalue weighted by Gasteiger charge is 2.15. The molecule has 3 aromatic carbocycles. The fourth-order valence-electron chi connectivity index (χ4n) is 3.49. The standard InChI is InChI=1S/C25H24FN3O5/c1-28(15-21(30)16-34-25-10-8-20(29(31)32)12-23(25)26)14-17-3-6-19(7-4-17)22-11-18(13-27)5-9-24(22)33-2/h3-12,21,30H,14-16H2,1-2H3. The van der Waals surface area contributed by atoms with Crippen molar-refractivity contribution >= 4 is 5.69 Å². The molecule has 0 saturated heterocycles. The van der Waals surface area contributed by atoms with E-state index in [-0.39, 0.29) is 24.6 Å². The summed E-state index contributed by atoms with van der Waals surface area (Å²) in [6.45, 7) is 0.667. The molecular weight excluding hydrogens is 441 g/mol. The molecule has 34 heavy (non-hydrogen) atoms. The molecule has 0 aliphatic heterocycles. The summed E-state index contributed by atoms with van der Waals surface area (Å²) in [4.78, 5) is 11.9. The molecule has 0 saturated carbocycles. The van der Waals surface area contributed by atoms with Gasteiger partial charge >= 0.3 is 0 Å². The lowest BCUT2D eigenvalue weighted by Crippen LogP contribution is -2.32. The number of nitro benzene ring substituents is 1. The molecule has 1 atom stereocenters. The minimum Gasteiger partial charge on any atom is -0.496 e. The SMILES string of the molecule is COc1ccc(C#N)cc1-c1ccc(CN(C)CC(O)COc2ccc([N+](=O)[O-])cc2F)cc1. The lowest BCUT2D eigenvalue weighted by atomic mass is 10.0. The Hall–Kier alpha value is -4.00. The van der Waals surface area contributed by atoms with Crippen LogP contribution in [-0.2, 0) is 6.54 Å². The van der Waals surface area contributed by atoms with Crippen molar-refractivity contribution < 1.29 is 23.9 Å². The smallest absolute Gasteiger partial charge is 0.272 e. The molecule has 0 amide bonds. The molecule has 0 spiro atoms. The minimum atomic E-state index is -0.892. The van der Waals surface area contributed by atoms with E-state index in [9.17, 15) is 19.6 Å². The van der Waals surface area contributed by atoms with E-state index in [1.54, 1.807) is 25.3 Å². The number of non-ortho nitro benzene ring substituents is 1. The van der Waals surface area contributed by atoms with Crippen LogP contribution in [0.1, 0.15) is 11.1 Å². The number of nitrogens with zero attached hydrogens (tertiary/aromatic N) is 3. The van der Waals surface area contributed by atoms with Crippen molar-refractivity contribution in [2.24, 2.45) is 0 Å². The third-order valence-electron chi connectivity index (χ3n) is 5.13. The molecule has 0 fully saturated rings. The summed E-state index contributed by atoms with van der Waals surface area (Å²) in [5.41, 5.74) is 2.93. The van der Waals surface area contributed by atoms with Gasteiger partial charge in [-0.3, -0.25) is 15.0 Å². The first-order chi connectivity index (χ1) is 16.3. The number of halogens is 1. The Morgan fingerprint density at radius 2 is 1.85 bits per heavy atom. The normalized spacial score (nSPS) is 11.6. The van der Waals surface area contributed by atoms with Crippen molar-refractivity contribution in [3.63, 3.8) is 0 Å². The Kier molecular flexibility index (Phi) is 8.14. The third-order valence-corrected chi connectivity index (χ3v) is 5.13.